The molecule has 0 radical (unpaired) electrons. The summed E-state index contributed by atoms with van der Waals surface area (Å²) in [4.78, 5) is 12.1. The van der Waals surface area contributed by atoms with E-state index < -0.39 is 0 Å². The molecule has 3 rings (SSSR count). The van der Waals surface area contributed by atoms with Crippen LogP contribution < -0.4 is 15.0 Å². The van der Waals surface area contributed by atoms with Gasteiger partial charge in [-0.1, -0.05) is 45.0 Å². The van der Waals surface area contributed by atoms with E-state index >= 15 is 0 Å². The van der Waals surface area contributed by atoms with E-state index in [4.69, 9.17) is 21.7 Å². The molecule has 8 heteroatoms. The van der Waals surface area contributed by atoms with Crippen molar-refractivity contribution < 1.29 is 9.47 Å². The molecule has 0 amide bonds. The number of aromatic nitrogens is 3. The van der Waals surface area contributed by atoms with Gasteiger partial charge in [0, 0.05) is 0 Å². The van der Waals surface area contributed by atoms with E-state index in [1.165, 1.54) is 11.8 Å². The van der Waals surface area contributed by atoms with Crippen LogP contribution >= 0.6 is 12.2 Å². The largest absolute Gasteiger partial charge is 0.493 e. The first-order valence-corrected chi connectivity index (χ1v) is 10.2. The minimum Gasteiger partial charge on any atom is -0.493 e. The third-order valence-corrected chi connectivity index (χ3v) is 5.00. The normalized spacial score (nSPS) is 11.6. The number of rotatable bonds is 6. The predicted octanol–water partition coefficient (Wildman–Crippen LogP) is 4.38. The van der Waals surface area contributed by atoms with E-state index in [2.05, 4.69) is 60.3 Å². The van der Waals surface area contributed by atoms with E-state index in [1.807, 2.05) is 12.1 Å². The molecule has 1 N–H and O–H groups in total. The lowest BCUT2D eigenvalue weighted by Crippen LogP contribution is -2.22. The Balaban J connectivity index is 1.75. The van der Waals surface area contributed by atoms with Crippen molar-refractivity contribution in [1.29, 1.82) is 0 Å². The predicted molar refractivity (Wildman–Crippen MR) is 124 cm³/mol. The maximum Gasteiger partial charge on any atom is 0.296 e. The van der Waals surface area contributed by atoms with Crippen molar-refractivity contribution in [2.45, 2.75) is 39.7 Å². The summed E-state index contributed by atoms with van der Waals surface area (Å²) < 4.78 is 12.6. The molecule has 31 heavy (non-hydrogen) atoms. The van der Waals surface area contributed by atoms with Gasteiger partial charge in [-0.05, 0) is 59.4 Å². The van der Waals surface area contributed by atoms with Crippen LogP contribution in [0.2, 0.25) is 0 Å². The second kappa shape index (κ2) is 9.26. The second-order valence-electron chi connectivity index (χ2n) is 8.12. The van der Waals surface area contributed by atoms with Crippen molar-refractivity contribution in [1.82, 2.24) is 14.9 Å². The fourth-order valence-electron chi connectivity index (χ4n) is 2.85. The zero-order chi connectivity index (χ0) is 22.6. The molecule has 162 valence electrons. The first kappa shape index (κ1) is 22.4. The highest BCUT2D eigenvalue weighted by atomic mass is 32.1. The van der Waals surface area contributed by atoms with Crippen LogP contribution in [0, 0.1) is 11.7 Å². The molecular formula is C23H26N4O3S. The molecule has 0 aliphatic carbocycles. The van der Waals surface area contributed by atoms with Gasteiger partial charge in [0.2, 0.25) is 4.77 Å². The number of H-pyrrole nitrogens is 1. The Bertz CT molecular complexity index is 1210. The summed E-state index contributed by atoms with van der Waals surface area (Å²) in [7, 11) is 1.58. The summed E-state index contributed by atoms with van der Waals surface area (Å²) in [6.45, 7) is 8.58. The summed E-state index contributed by atoms with van der Waals surface area (Å²) in [5, 5.41) is 10.6. The smallest absolute Gasteiger partial charge is 0.296 e. The molecule has 3 aromatic rings. The lowest BCUT2D eigenvalue weighted by atomic mass is 9.87. The number of ether oxygens (including phenoxy) is 2. The molecule has 0 spiro atoms. The van der Waals surface area contributed by atoms with Gasteiger partial charge >= 0.3 is 0 Å². The standard InChI is InChI=1S/C23H26N4O3S/c1-15-21(28)27(22(31)26-25-15)24-13-17-8-11-19(20(12-17)29-5)30-14-16-6-9-18(10-7-16)23(2,3)4/h6-13H,14H2,1-5H3,(H,26,31). The van der Waals surface area contributed by atoms with Crippen LogP contribution in [0.25, 0.3) is 0 Å². The fourth-order valence-corrected chi connectivity index (χ4v) is 3.02. The highest BCUT2D eigenvalue weighted by Crippen LogP contribution is 2.29. The van der Waals surface area contributed by atoms with Crippen molar-refractivity contribution in [2.75, 3.05) is 7.11 Å². The van der Waals surface area contributed by atoms with E-state index in [1.54, 1.807) is 20.1 Å². The molecular weight excluding hydrogens is 412 g/mol. The number of aromatic amines is 1. The number of methoxy groups -OCH3 is 1. The zero-order valence-electron chi connectivity index (χ0n) is 18.3. The number of nitrogens with zero attached hydrogens (tertiary/aromatic N) is 3. The number of hydrogen-bond acceptors (Lipinski definition) is 6. The third-order valence-electron chi connectivity index (χ3n) is 4.74. The second-order valence-corrected chi connectivity index (χ2v) is 8.51. The fraction of sp³-hybridized carbons (Fsp3) is 0.304. The van der Waals surface area contributed by atoms with Gasteiger partial charge in [-0.3, -0.25) is 9.89 Å². The number of hydrogen-bond donors (Lipinski definition) is 1. The summed E-state index contributed by atoms with van der Waals surface area (Å²) in [5.41, 5.74) is 3.11. The SMILES string of the molecule is COc1cc(C=Nn2c(=S)[nH]nc(C)c2=O)ccc1OCc1ccc(C(C)(C)C)cc1. The van der Waals surface area contributed by atoms with Gasteiger partial charge in [-0.25, -0.2) is 0 Å². The minimum atomic E-state index is -0.371. The molecule has 0 saturated heterocycles. The van der Waals surface area contributed by atoms with Gasteiger partial charge in [-0.2, -0.15) is 14.9 Å². The highest BCUT2D eigenvalue weighted by molar-refractivity contribution is 7.71. The van der Waals surface area contributed by atoms with E-state index in [9.17, 15) is 4.79 Å². The summed E-state index contributed by atoms with van der Waals surface area (Å²) in [6, 6.07) is 13.8. The quantitative estimate of drug-likeness (QED) is 0.456. The molecule has 0 aliphatic heterocycles. The van der Waals surface area contributed by atoms with Crippen LogP contribution in [0.1, 0.15) is 43.2 Å². The van der Waals surface area contributed by atoms with Gasteiger partial charge in [0.25, 0.3) is 5.56 Å². The average molecular weight is 439 g/mol. The summed E-state index contributed by atoms with van der Waals surface area (Å²) in [6.07, 6.45) is 1.53. The molecule has 0 atom stereocenters. The molecule has 0 bridgehead atoms. The Labute approximate surface area is 186 Å². The van der Waals surface area contributed by atoms with Gasteiger partial charge in [0.15, 0.2) is 11.5 Å². The van der Waals surface area contributed by atoms with Crippen LogP contribution in [0.15, 0.2) is 52.4 Å². The molecule has 7 nitrogen and oxygen atoms in total. The maximum absolute atomic E-state index is 12.1. The van der Waals surface area contributed by atoms with Crippen LogP contribution in [-0.4, -0.2) is 28.2 Å². The molecule has 0 saturated carbocycles. The zero-order valence-corrected chi connectivity index (χ0v) is 19.1. The number of aryl methyl sites for hydroxylation is 1. The van der Waals surface area contributed by atoms with Crippen molar-refractivity contribution in [3.05, 3.63) is 80.0 Å². The minimum absolute atomic E-state index is 0.115. The first-order chi connectivity index (χ1) is 14.7. The van der Waals surface area contributed by atoms with Crippen LogP contribution in [0.5, 0.6) is 11.5 Å². The van der Waals surface area contributed by atoms with E-state index in [0.29, 0.717) is 18.1 Å². The lowest BCUT2D eigenvalue weighted by Gasteiger charge is -2.19. The van der Waals surface area contributed by atoms with Crippen LogP contribution in [0.3, 0.4) is 0 Å². The van der Waals surface area contributed by atoms with Crippen molar-refractivity contribution in [3.63, 3.8) is 0 Å². The van der Waals surface area contributed by atoms with E-state index in [-0.39, 0.29) is 21.4 Å². The lowest BCUT2D eigenvalue weighted by molar-refractivity contribution is 0.284. The van der Waals surface area contributed by atoms with Gasteiger partial charge in [-0.15, -0.1) is 0 Å². The molecule has 1 aromatic heterocycles. The number of nitrogens with one attached hydrogen (secondary N) is 1. The monoisotopic (exact) mass is 438 g/mol. The van der Waals surface area contributed by atoms with Gasteiger partial charge in [0.05, 0.1) is 13.3 Å². The van der Waals surface area contributed by atoms with Gasteiger partial charge < -0.3 is 9.47 Å². The maximum atomic E-state index is 12.1. The molecule has 2 aromatic carbocycles. The molecule has 0 unspecified atom stereocenters. The summed E-state index contributed by atoms with van der Waals surface area (Å²) in [5.74, 6) is 1.19. The van der Waals surface area contributed by atoms with Crippen molar-refractivity contribution in [2.24, 2.45) is 5.10 Å². The Morgan fingerprint density at radius 2 is 1.87 bits per heavy atom. The van der Waals surface area contributed by atoms with E-state index in [0.717, 1.165) is 15.8 Å². The van der Waals surface area contributed by atoms with Crippen LogP contribution in [0.4, 0.5) is 0 Å². The van der Waals surface area contributed by atoms with Crippen molar-refractivity contribution >= 4 is 18.4 Å². The Morgan fingerprint density at radius 3 is 2.52 bits per heavy atom. The molecule has 0 aliphatic rings. The topological polar surface area (TPSA) is 81.5 Å². The third kappa shape index (κ3) is 5.46. The number of benzene rings is 2. The Kier molecular flexibility index (Phi) is 6.70. The Hall–Kier alpha value is -3.26. The van der Waals surface area contributed by atoms with Gasteiger partial charge in [0.1, 0.15) is 12.3 Å². The van der Waals surface area contributed by atoms with Crippen molar-refractivity contribution in [3.8, 4) is 11.5 Å². The highest BCUT2D eigenvalue weighted by Gasteiger charge is 2.13. The average Bonchev–Trinajstić information content (AvgIpc) is 2.75. The Morgan fingerprint density at radius 1 is 1.16 bits per heavy atom. The molecule has 0 fully saturated rings. The summed E-state index contributed by atoms with van der Waals surface area (Å²) >= 11 is 5.08. The first-order valence-electron chi connectivity index (χ1n) is 9.82. The van der Waals surface area contributed by atoms with Crippen LogP contribution in [-0.2, 0) is 12.0 Å². The molecule has 1 heterocycles.